The van der Waals surface area contributed by atoms with Crippen LogP contribution in [0.3, 0.4) is 0 Å². The molecule has 1 N–H and O–H groups in total. The molecular weight excluding hydrogens is 431 g/mol. The summed E-state index contributed by atoms with van der Waals surface area (Å²) in [7, 11) is 0. The first kappa shape index (κ1) is 21.1. The zero-order chi connectivity index (χ0) is 21.5. The van der Waals surface area contributed by atoms with Crippen LogP contribution in [0.15, 0.2) is 29.3 Å². The Morgan fingerprint density at radius 2 is 2.00 bits per heavy atom. The van der Waals surface area contributed by atoms with Gasteiger partial charge in [-0.05, 0) is 63.3 Å². The maximum absolute atomic E-state index is 12.9. The largest absolute Gasteiger partial charge is 0.416 e. The van der Waals surface area contributed by atoms with Gasteiger partial charge < -0.3 is 5.32 Å². The van der Waals surface area contributed by atoms with Gasteiger partial charge >= 0.3 is 6.18 Å². The number of carbonyl (C=O) groups is 1. The second kappa shape index (κ2) is 8.19. The number of fused-ring (bicyclic) bond motifs is 3. The second-order valence-corrected chi connectivity index (χ2v) is 9.71. The normalized spacial score (nSPS) is 15.1. The Hall–Kier alpha value is -2.13. The van der Waals surface area contributed by atoms with Crippen LogP contribution >= 0.6 is 23.1 Å². The summed E-state index contributed by atoms with van der Waals surface area (Å²) >= 11 is 3.02. The van der Waals surface area contributed by atoms with E-state index in [1.165, 1.54) is 40.8 Å². The summed E-state index contributed by atoms with van der Waals surface area (Å²) in [5, 5.41) is 3.86. The number of amides is 1. The van der Waals surface area contributed by atoms with Crippen molar-refractivity contribution in [1.29, 1.82) is 0 Å². The number of aryl methyl sites for hydroxylation is 3. The van der Waals surface area contributed by atoms with Gasteiger partial charge in [0.1, 0.15) is 15.7 Å². The molecule has 2 aromatic heterocycles. The van der Waals surface area contributed by atoms with Gasteiger partial charge in [-0.3, -0.25) is 4.79 Å². The van der Waals surface area contributed by atoms with Gasteiger partial charge in [-0.1, -0.05) is 17.8 Å². The molecule has 1 aromatic carbocycles. The number of benzene rings is 1. The number of thiophene rings is 1. The van der Waals surface area contributed by atoms with E-state index in [0.29, 0.717) is 5.82 Å². The highest BCUT2D eigenvalue weighted by Gasteiger charge is 2.31. The maximum atomic E-state index is 12.9. The number of halogens is 3. The summed E-state index contributed by atoms with van der Waals surface area (Å²) < 4.78 is 38.7. The van der Waals surface area contributed by atoms with Crippen LogP contribution in [-0.2, 0) is 23.8 Å². The molecule has 9 heteroatoms. The lowest BCUT2D eigenvalue weighted by atomic mass is 9.97. The number of aromatic nitrogens is 2. The molecule has 1 amide bonds. The van der Waals surface area contributed by atoms with Crippen molar-refractivity contribution < 1.29 is 18.0 Å². The first-order valence-electron chi connectivity index (χ1n) is 9.66. The highest BCUT2D eigenvalue weighted by molar-refractivity contribution is 8.00. The highest BCUT2D eigenvalue weighted by Crippen LogP contribution is 2.40. The zero-order valence-corrected chi connectivity index (χ0v) is 18.1. The Balaban J connectivity index is 1.57. The highest BCUT2D eigenvalue weighted by atomic mass is 32.2. The summed E-state index contributed by atoms with van der Waals surface area (Å²) in [6, 6.07) is 4.66. The molecule has 0 saturated heterocycles. The Morgan fingerprint density at radius 1 is 1.23 bits per heavy atom. The number of nitrogens with zero attached hydrogens (tertiary/aromatic N) is 2. The lowest BCUT2D eigenvalue weighted by Crippen LogP contribution is -2.23. The van der Waals surface area contributed by atoms with Crippen molar-refractivity contribution in [3.8, 4) is 0 Å². The number of carbonyl (C=O) groups excluding carboxylic acids is 1. The van der Waals surface area contributed by atoms with Gasteiger partial charge in [-0.2, -0.15) is 13.2 Å². The van der Waals surface area contributed by atoms with Crippen molar-refractivity contribution in [1.82, 2.24) is 9.97 Å². The minimum absolute atomic E-state index is 0.124. The molecule has 4 nitrogen and oxygen atoms in total. The Labute approximate surface area is 180 Å². The molecule has 2 heterocycles. The number of hydrogen-bond donors (Lipinski definition) is 1. The first-order chi connectivity index (χ1) is 14.2. The van der Waals surface area contributed by atoms with Gasteiger partial charge in [0.2, 0.25) is 5.91 Å². The van der Waals surface area contributed by atoms with E-state index in [4.69, 9.17) is 0 Å². The molecule has 0 spiro atoms. The summed E-state index contributed by atoms with van der Waals surface area (Å²) in [4.78, 5) is 24.1. The standard InChI is InChI=1S/C21H20F3N3OS2/c1-11(18(28)27-14-7-5-6-13(10-14)21(22,23)24)29-19-17-15-8-3-4-9-16(15)30-20(17)26-12(2)25-19/h5-7,10-11H,3-4,8-9H2,1-2H3,(H,27,28). The summed E-state index contributed by atoms with van der Waals surface area (Å²) in [6.07, 6.45) is -0.124. The minimum atomic E-state index is -4.46. The Kier molecular flexibility index (Phi) is 5.76. The van der Waals surface area contributed by atoms with E-state index in [9.17, 15) is 18.0 Å². The molecule has 1 unspecified atom stereocenters. The molecule has 1 atom stereocenters. The lowest BCUT2D eigenvalue weighted by Gasteiger charge is -2.15. The molecule has 1 aliphatic rings. The van der Waals surface area contributed by atoms with E-state index in [-0.39, 0.29) is 11.6 Å². The first-order valence-corrected chi connectivity index (χ1v) is 11.4. The minimum Gasteiger partial charge on any atom is -0.325 e. The fourth-order valence-electron chi connectivity index (χ4n) is 3.55. The smallest absolute Gasteiger partial charge is 0.325 e. The third-order valence-electron chi connectivity index (χ3n) is 5.01. The number of anilines is 1. The zero-order valence-electron chi connectivity index (χ0n) is 16.5. The van der Waals surface area contributed by atoms with Gasteiger partial charge in [-0.25, -0.2) is 9.97 Å². The van der Waals surface area contributed by atoms with Crippen LogP contribution < -0.4 is 5.32 Å². The van der Waals surface area contributed by atoms with Gasteiger partial charge in [0.25, 0.3) is 0 Å². The van der Waals surface area contributed by atoms with Crippen LogP contribution in [-0.4, -0.2) is 21.1 Å². The van der Waals surface area contributed by atoms with Crippen LogP contribution in [0.5, 0.6) is 0 Å². The maximum Gasteiger partial charge on any atom is 0.416 e. The van der Waals surface area contributed by atoms with E-state index in [2.05, 4.69) is 15.3 Å². The van der Waals surface area contributed by atoms with E-state index < -0.39 is 17.0 Å². The predicted octanol–water partition coefficient (Wildman–Crippen LogP) is 6.02. The molecule has 3 aromatic rings. The average Bonchev–Trinajstić information content (AvgIpc) is 3.05. The van der Waals surface area contributed by atoms with Crippen LogP contribution in [0.25, 0.3) is 10.2 Å². The number of alkyl halides is 3. The van der Waals surface area contributed by atoms with Crippen LogP contribution in [0, 0.1) is 6.92 Å². The van der Waals surface area contributed by atoms with Crippen LogP contribution in [0.4, 0.5) is 18.9 Å². The molecule has 30 heavy (non-hydrogen) atoms. The topological polar surface area (TPSA) is 54.9 Å². The summed E-state index contributed by atoms with van der Waals surface area (Å²) in [6.45, 7) is 3.56. The van der Waals surface area contributed by atoms with Gasteiger partial charge in [-0.15, -0.1) is 11.3 Å². The number of nitrogens with one attached hydrogen (secondary N) is 1. The van der Waals surface area contributed by atoms with Crippen molar-refractivity contribution >= 4 is 44.9 Å². The average molecular weight is 452 g/mol. The SMILES string of the molecule is Cc1nc(SC(C)C(=O)Nc2cccc(C(F)(F)F)c2)c2c3c(sc2n1)CCCC3. The molecule has 4 rings (SSSR count). The van der Waals surface area contributed by atoms with E-state index in [1.807, 2.05) is 6.92 Å². The van der Waals surface area contributed by atoms with E-state index in [0.717, 1.165) is 46.6 Å². The van der Waals surface area contributed by atoms with Gasteiger partial charge in [0.05, 0.1) is 10.8 Å². The Bertz CT molecular complexity index is 1110. The van der Waals surface area contributed by atoms with Crippen molar-refractivity contribution in [2.24, 2.45) is 0 Å². The molecule has 0 fully saturated rings. The quantitative estimate of drug-likeness (QED) is 0.389. The molecule has 158 valence electrons. The summed E-state index contributed by atoms with van der Waals surface area (Å²) in [5.41, 5.74) is 0.618. The van der Waals surface area contributed by atoms with Crippen LogP contribution in [0.1, 0.15) is 41.6 Å². The fraction of sp³-hybridized carbons (Fsp3) is 0.381. The molecule has 1 aliphatic carbocycles. The van der Waals surface area contributed by atoms with Gasteiger partial charge in [0.15, 0.2) is 0 Å². The van der Waals surface area contributed by atoms with Crippen molar-refractivity contribution in [2.75, 3.05) is 5.32 Å². The number of hydrogen-bond acceptors (Lipinski definition) is 5. The van der Waals surface area contributed by atoms with Crippen molar-refractivity contribution in [3.63, 3.8) is 0 Å². The lowest BCUT2D eigenvalue weighted by molar-refractivity contribution is -0.137. The van der Waals surface area contributed by atoms with E-state index in [1.54, 1.807) is 18.3 Å². The molecular formula is C21H20F3N3OS2. The second-order valence-electron chi connectivity index (χ2n) is 7.29. The number of thioether (sulfide) groups is 1. The molecule has 0 radical (unpaired) electrons. The van der Waals surface area contributed by atoms with Crippen molar-refractivity contribution in [3.05, 3.63) is 46.1 Å². The molecule has 0 aliphatic heterocycles. The molecule has 0 bridgehead atoms. The number of rotatable bonds is 4. The Morgan fingerprint density at radius 3 is 2.77 bits per heavy atom. The van der Waals surface area contributed by atoms with E-state index >= 15 is 0 Å². The monoisotopic (exact) mass is 451 g/mol. The third-order valence-corrected chi connectivity index (χ3v) is 7.28. The predicted molar refractivity (Wildman–Crippen MR) is 114 cm³/mol. The molecule has 0 saturated carbocycles. The van der Waals surface area contributed by atoms with Crippen LogP contribution in [0.2, 0.25) is 0 Å². The van der Waals surface area contributed by atoms with Gasteiger partial charge in [0, 0.05) is 16.0 Å². The van der Waals surface area contributed by atoms with Crippen molar-refractivity contribution in [2.45, 2.75) is 56.0 Å². The summed E-state index contributed by atoms with van der Waals surface area (Å²) in [5.74, 6) is 0.280. The fourth-order valence-corrected chi connectivity index (χ4v) is 5.94. The third kappa shape index (κ3) is 4.32.